The van der Waals surface area contributed by atoms with Crippen LogP contribution >= 0.6 is 12.2 Å². The highest BCUT2D eigenvalue weighted by molar-refractivity contribution is 7.80. The molecule has 7 nitrogen and oxygen atoms in total. The van der Waals surface area contributed by atoms with Gasteiger partial charge in [0, 0.05) is 5.69 Å². The second-order valence-corrected chi connectivity index (χ2v) is 5.83. The fraction of sp³-hybridized carbons (Fsp3) is 0.118. The Balaban J connectivity index is 1.61. The molecule has 1 amide bonds. The molecule has 3 N–H and O–H groups in total. The van der Waals surface area contributed by atoms with E-state index < -0.39 is 11.7 Å². The van der Waals surface area contributed by atoms with E-state index in [2.05, 4.69) is 16.2 Å². The molecule has 0 atom stereocenters. The number of hydrogen-bond donors (Lipinski definition) is 3. The molecule has 128 valence electrons. The minimum Gasteiger partial charge on any atom is -0.408 e. The monoisotopic (exact) mass is 356 g/mol. The molecule has 0 aliphatic rings. The summed E-state index contributed by atoms with van der Waals surface area (Å²) in [5.41, 5.74) is 7.83. The molecule has 0 bridgehead atoms. The van der Waals surface area contributed by atoms with Crippen LogP contribution in [0.5, 0.6) is 0 Å². The average molecular weight is 356 g/mol. The Hall–Kier alpha value is -3.13. The van der Waals surface area contributed by atoms with Gasteiger partial charge >= 0.3 is 5.76 Å². The molecular formula is C17H16N4O3S. The first kappa shape index (κ1) is 16.7. The van der Waals surface area contributed by atoms with Gasteiger partial charge in [-0.1, -0.05) is 24.3 Å². The van der Waals surface area contributed by atoms with E-state index in [0.29, 0.717) is 11.1 Å². The normalized spacial score (nSPS) is 10.4. The first-order chi connectivity index (χ1) is 12.0. The van der Waals surface area contributed by atoms with E-state index >= 15 is 0 Å². The zero-order chi connectivity index (χ0) is 17.8. The molecule has 3 rings (SSSR count). The summed E-state index contributed by atoms with van der Waals surface area (Å²) in [4.78, 5) is 24.0. The fourth-order valence-electron chi connectivity index (χ4n) is 2.32. The first-order valence-electron chi connectivity index (χ1n) is 7.54. The Morgan fingerprint density at radius 2 is 1.92 bits per heavy atom. The molecule has 0 fully saturated rings. The van der Waals surface area contributed by atoms with Gasteiger partial charge in [-0.15, -0.1) is 0 Å². The van der Waals surface area contributed by atoms with Gasteiger partial charge in [-0.05, 0) is 49.0 Å². The molecule has 0 saturated heterocycles. The third kappa shape index (κ3) is 4.04. The van der Waals surface area contributed by atoms with Gasteiger partial charge in [0.2, 0.25) is 0 Å². The van der Waals surface area contributed by atoms with Crippen molar-refractivity contribution in [3.63, 3.8) is 0 Å². The Bertz CT molecular complexity index is 978. The van der Waals surface area contributed by atoms with Gasteiger partial charge in [0.1, 0.15) is 6.54 Å². The number of nitrogens with zero attached hydrogens (tertiary/aromatic N) is 1. The molecule has 0 aliphatic heterocycles. The highest BCUT2D eigenvalue weighted by Gasteiger charge is 2.13. The number of hydrazine groups is 1. The number of aromatic nitrogens is 1. The molecule has 0 saturated carbocycles. The van der Waals surface area contributed by atoms with Crippen molar-refractivity contribution >= 4 is 40.0 Å². The highest BCUT2D eigenvalue weighted by atomic mass is 32.1. The second-order valence-electron chi connectivity index (χ2n) is 5.42. The number of aryl methyl sites for hydroxylation is 1. The van der Waals surface area contributed by atoms with E-state index in [1.54, 1.807) is 12.1 Å². The number of carbonyl (C=O) groups is 1. The molecule has 0 aliphatic carbocycles. The van der Waals surface area contributed by atoms with E-state index in [4.69, 9.17) is 16.6 Å². The van der Waals surface area contributed by atoms with Gasteiger partial charge < -0.3 is 9.73 Å². The van der Waals surface area contributed by atoms with Crippen molar-refractivity contribution in [1.82, 2.24) is 15.4 Å². The zero-order valence-corrected chi connectivity index (χ0v) is 14.2. The molecule has 3 aromatic rings. The lowest BCUT2D eigenvalue weighted by molar-refractivity contribution is -0.122. The number of amides is 1. The Kier molecular flexibility index (Phi) is 4.80. The largest absolute Gasteiger partial charge is 0.420 e. The van der Waals surface area contributed by atoms with Crippen LogP contribution in [0.2, 0.25) is 0 Å². The summed E-state index contributed by atoms with van der Waals surface area (Å²) < 4.78 is 6.40. The zero-order valence-electron chi connectivity index (χ0n) is 13.4. The fourth-order valence-corrected chi connectivity index (χ4v) is 2.48. The van der Waals surface area contributed by atoms with E-state index in [1.165, 1.54) is 4.57 Å². The van der Waals surface area contributed by atoms with Crippen molar-refractivity contribution in [2.75, 3.05) is 5.32 Å². The molecule has 2 aromatic carbocycles. The predicted octanol–water partition coefficient (Wildman–Crippen LogP) is 1.92. The molecular weight excluding hydrogens is 340 g/mol. The van der Waals surface area contributed by atoms with Gasteiger partial charge in [0.15, 0.2) is 10.7 Å². The van der Waals surface area contributed by atoms with Gasteiger partial charge in [-0.3, -0.25) is 20.2 Å². The maximum atomic E-state index is 12.1. The summed E-state index contributed by atoms with van der Waals surface area (Å²) in [6.45, 7) is 1.72. The van der Waals surface area contributed by atoms with E-state index in [1.807, 2.05) is 43.3 Å². The maximum Gasteiger partial charge on any atom is 0.420 e. The van der Waals surface area contributed by atoms with Crippen LogP contribution in [0.4, 0.5) is 5.69 Å². The van der Waals surface area contributed by atoms with Gasteiger partial charge in [-0.25, -0.2) is 4.79 Å². The number of oxazole rings is 1. The standard InChI is InChI=1S/C17H16N4O3S/c1-11-7-8-14-13(9-11)21(17(23)24-14)10-15(22)19-20-16(25)18-12-5-3-2-4-6-12/h2-9H,10H2,1H3,(H,19,22)(H2,18,20,25). The number of fused-ring (bicyclic) bond motifs is 1. The van der Waals surface area contributed by atoms with Crippen molar-refractivity contribution in [3.8, 4) is 0 Å². The molecule has 0 spiro atoms. The van der Waals surface area contributed by atoms with Crippen molar-refractivity contribution in [2.45, 2.75) is 13.5 Å². The quantitative estimate of drug-likeness (QED) is 0.491. The van der Waals surface area contributed by atoms with E-state index in [9.17, 15) is 9.59 Å². The lowest BCUT2D eigenvalue weighted by Crippen LogP contribution is -2.45. The van der Waals surface area contributed by atoms with Crippen LogP contribution in [0.25, 0.3) is 11.1 Å². The van der Waals surface area contributed by atoms with Crippen LogP contribution < -0.4 is 21.9 Å². The molecule has 1 heterocycles. The Morgan fingerprint density at radius 1 is 1.16 bits per heavy atom. The molecule has 1 aromatic heterocycles. The van der Waals surface area contributed by atoms with Crippen LogP contribution in [0, 0.1) is 6.92 Å². The molecule has 0 unspecified atom stereocenters. The van der Waals surface area contributed by atoms with Crippen LogP contribution in [-0.4, -0.2) is 15.6 Å². The minimum atomic E-state index is -0.583. The van der Waals surface area contributed by atoms with Crippen molar-refractivity contribution < 1.29 is 9.21 Å². The SMILES string of the molecule is Cc1ccc2oc(=O)n(CC(=O)NNC(=S)Nc3ccccc3)c2c1. The summed E-state index contributed by atoms with van der Waals surface area (Å²) in [7, 11) is 0. The van der Waals surface area contributed by atoms with Crippen LogP contribution in [0.15, 0.2) is 57.7 Å². The number of rotatable bonds is 3. The van der Waals surface area contributed by atoms with Crippen LogP contribution in [0.1, 0.15) is 5.56 Å². The number of hydrogen-bond acceptors (Lipinski definition) is 4. The average Bonchev–Trinajstić information content (AvgIpc) is 2.89. The summed E-state index contributed by atoms with van der Waals surface area (Å²) in [5.74, 6) is -1.01. The summed E-state index contributed by atoms with van der Waals surface area (Å²) in [6, 6.07) is 14.6. The number of anilines is 1. The van der Waals surface area contributed by atoms with Crippen molar-refractivity contribution in [1.29, 1.82) is 0 Å². The smallest absolute Gasteiger partial charge is 0.408 e. The third-order valence-electron chi connectivity index (χ3n) is 3.47. The maximum absolute atomic E-state index is 12.1. The number of nitrogens with one attached hydrogen (secondary N) is 3. The Labute approximate surface area is 148 Å². The number of thiocarbonyl (C=S) groups is 1. The lowest BCUT2D eigenvalue weighted by atomic mass is 10.2. The van der Waals surface area contributed by atoms with E-state index in [-0.39, 0.29) is 11.7 Å². The topological polar surface area (TPSA) is 88.3 Å². The lowest BCUT2D eigenvalue weighted by Gasteiger charge is -2.11. The number of para-hydroxylation sites is 1. The Morgan fingerprint density at radius 3 is 2.68 bits per heavy atom. The van der Waals surface area contributed by atoms with Crippen LogP contribution in [0.3, 0.4) is 0 Å². The first-order valence-corrected chi connectivity index (χ1v) is 7.94. The van der Waals surface area contributed by atoms with Crippen molar-refractivity contribution in [2.24, 2.45) is 0 Å². The number of benzene rings is 2. The highest BCUT2D eigenvalue weighted by Crippen LogP contribution is 2.14. The van der Waals surface area contributed by atoms with E-state index in [0.717, 1.165) is 11.3 Å². The van der Waals surface area contributed by atoms with Gasteiger partial charge in [-0.2, -0.15) is 0 Å². The number of carbonyl (C=O) groups excluding carboxylic acids is 1. The van der Waals surface area contributed by atoms with Gasteiger partial charge in [0.25, 0.3) is 5.91 Å². The third-order valence-corrected chi connectivity index (χ3v) is 3.68. The molecule has 25 heavy (non-hydrogen) atoms. The van der Waals surface area contributed by atoms with Crippen LogP contribution in [-0.2, 0) is 11.3 Å². The summed E-state index contributed by atoms with van der Waals surface area (Å²) >= 11 is 5.10. The van der Waals surface area contributed by atoms with Gasteiger partial charge in [0.05, 0.1) is 5.52 Å². The van der Waals surface area contributed by atoms with Crippen molar-refractivity contribution in [3.05, 3.63) is 64.6 Å². The molecule has 8 heteroatoms. The summed E-state index contributed by atoms with van der Waals surface area (Å²) in [6.07, 6.45) is 0. The minimum absolute atomic E-state index is 0.184. The summed E-state index contributed by atoms with van der Waals surface area (Å²) in [5, 5.41) is 3.16. The second kappa shape index (κ2) is 7.18. The predicted molar refractivity (Wildman–Crippen MR) is 99.2 cm³/mol. The molecule has 0 radical (unpaired) electrons.